The van der Waals surface area contributed by atoms with Crippen LogP contribution in [0.1, 0.15) is 32.6 Å². The van der Waals surface area contributed by atoms with Crippen molar-refractivity contribution in [3.05, 3.63) is 29.3 Å². The van der Waals surface area contributed by atoms with Crippen LogP contribution in [0.2, 0.25) is 5.02 Å². The molecule has 4 nitrogen and oxygen atoms in total. The van der Waals surface area contributed by atoms with E-state index in [-0.39, 0.29) is 5.91 Å². The summed E-state index contributed by atoms with van der Waals surface area (Å²) in [5.41, 5.74) is 1.11. The number of halogens is 1. The van der Waals surface area contributed by atoms with Crippen molar-refractivity contribution in [3.63, 3.8) is 0 Å². The number of nitrogens with zero attached hydrogens (tertiary/aromatic N) is 1. The van der Waals surface area contributed by atoms with Gasteiger partial charge in [0.25, 0.3) is 5.91 Å². The lowest BCUT2D eigenvalue weighted by Gasteiger charge is -2.34. The Morgan fingerprint density at radius 1 is 1.25 bits per heavy atom. The van der Waals surface area contributed by atoms with Gasteiger partial charge in [0, 0.05) is 6.04 Å². The normalized spacial score (nSPS) is 25.5. The molecule has 0 spiro atoms. The summed E-state index contributed by atoms with van der Waals surface area (Å²) in [5.74, 6) is 0.838. The molecule has 2 N–H and O–H groups in total. The molecular weight excluding hydrogens is 322 g/mol. The Bertz CT molecular complexity index is 557. The lowest BCUT2D eigenvalue weighted by Crippen LogP contribution is -3.16. The average molecular weight is 351 g/mol. The summed E-state index contributed by atoms with van der Waals surface area (Å²) in [4.78, 5) is 16.1. The zero-order valence-corrected chi connectivity index (χ0v) is 15.3. The van der Waals surface area contributed by atoms with Crippen LogP contribution in [0.4, 0.5) is 5.69 Å². The van der Waals surface area contributed by atoms with E-state index in [1.807, 2.05) is 18.2 Å². The lowest BCUT2D eigenvalue weighted by molar-refractivity contribution is -0.892. The molecule has 24 heavy (non-hydrogen) atoms. The van der Waals surface area contributed by atoms with Crippen LogP contribution >= 0.6 is 11.6 Å². The van der Waals surface area contributed by atoms with Crippen LogP contribution in [-0.2, 0) is 4.79 Å². The Balaban J connectivity index is 1.45. The minimum atomic E-state index is 0.218. The molecule has 1 amide bonds. The van der Waals surface area contributed by atoms with Gasteiger partial charge in [0.15, 0.2) is 6.54 Å². The van der Waals surface area contributed by atoms with Gasteiger partial charge in [-0.05, 0) is 30.9 Å². The van der Waals surface area contributed by atoms with E-state index in [1.54, 1.807) is 0 Å². The maximum absolute atomic E-state index is 12.4. The predicted octanol–water partition coefficient (Wildman–Crippen LogP) is 1.74. The molecule has 1 aliphatic carbocycles. The van der Waals surface area contributed by atoms with E-state index in [9.17, 15) is 4.79 Å². The molecule has 1 aliphatic heterocycles. The number of hydrogen-bond acceptors (Lipinski definition) is 2. The van der Waals surface area contributed by atoms with Gasteiger partial charge in [-0.2, -0.15) is 0 Å². The highest BCUT2D eigenvalue weighted by atomic mass is 35.5. The molecule has 2 fully saturated rings. The number of rotatable bonds is 4. The largest absolute Gasteiger partial charge is 0.359 e. The van der Waals surface area contributed by atoms with Crippen molar-refractivity contribution in [2.24, 2.45) is 5.92 Å². The van der Waals surface area contributed by atoms with Crippen molar-refractivity contribution in [3.8, 4) is 0 Å². The molecule has 0 bridgehead atoms. The first-order valence-electron chi connectivity index (χ1n) is 9.26. The number of anilines is 1. The van der Waals surface area contributed by atoms with E-state index in [0.717, 1.165) is 43.3 Å². The van der Waals surface area contributed by atoms with E-state index in [2.05, 4.69) is 23.2 Å². The Labute approximate surface area is 150 Å². The van der Waals surface area contributed by atoms with Crippen molar-refractivity contribution < 1.29 is 9.69 Å². The summed E-state index contributed by atoms with van der Waals surface area (Å²) in [6.07, 6.45) is 4.94. The third-order valence-electron chi connectivity index (χ3n) is 5.53. The number of benzene rings is 1. The predicted molar refractivity (Wildman–Crippen MR) is 98.8 cm³/mol. The zero-order chi connectivity index (χ0) is 16.9. The number of para-hydroxylation sites is 1. The number of carbonyl (C=O) groups excluding carboxylic acids is 1. The topological polar surface area (TPSA) is 36.8 Å². The van der Waals surface area contributed by atoms with Crippen LogP contribution < -0.4 is 15.1 Å². The minimum absolute atomic E-state index is 0.218. The Morgan fingerprint density at radius 2 is 1.96 bits per heavy atom. The second-order valence-electron chi connectivity index (χ2n) is 7.30. The molecule has 1 saturated heterocycles. The summed E-state index contributed by atoms with van der Waals surface area (Å²) in [6, 6.07) is 8.39. The molecule has 132 valence electrons. The van der Waals surface area contributed by atoms with Crippen LogP contribution in [0.5, 0.6) is 0 Å². The Morgan fingerprint density at radius 3 is 2.67 bits per heavy atom. The molecule has 0 radical (unpaired) electrons. The van der Waals surface area contributed by atoms with Crippen LogP contribution in [-0.4, -0.2) is 44.7 Å². The number of quaternary nitrogens is 1. The van der Waals surface area contributed by atoms with Crippen molar-refractivity contribution in [1.82, 2.24) is 5.32 Å². The summed E-state index contributed by atoms with van der Waals surface area (Å²) in [6.45, 7) is 6.73. The third-order valence-corrected chi connectivity index (χ3v) is 5.85. The molecule has 1 heterocycles. The van der Waals surface area contributed by atoms with Crippen molar-refractivity contribution in [1.29, 1.82) is 0 Å². The molecular formula is C19H29ClN3O+. The van der Waals surface area contributed by atoms with E-state index < -0.39 is 0 Å². The van der Waals surface area contributed by atoms with Gasteiger partial charge in [0.05, 0.1) is 36.9 Å². The summed E-state index contributed by atoms with van der Waals surface area (Å²) in [7, 11) is 0. The van der Waals surface area contributed by atoms with Gasteiger partial charge in [0.1, 0.15) is 0 Å². The van der Waals surface area contributed by atoms with Crippen LogP contribution in [0.3, 0.4) is 0 Å². The van der Waals surface area contributed by atoms with Crippen molar-refractivity contribution in [2.75, 3.05) is 37.6 Å². The fourth-order valence-corrected chi connectivity index (χ4v) is 4.22. The SMILES string of the molecule is C[C@H]1CCCC[C@H]1NC(=O)C[NH+]1CCN(c2ccccc2Cl)CC1. The lowest BCUT2D eigenvalue weighted by atomic mass is 9.86. The second kappa shape index (κ2) is 8.21. The number of amides is 1. The van der Waals surface area contributed by atoms with E-state index in [0.29, 0.717) is 18.5 Å². The molecule has 5 heteroatoms. The first-order chi connectivity index (χ1) is 11.6. The molecule has 1 saturated carbocycles. The van der Waals surface area contributed by atoms with Gasteiger partial charge in [0.2, 0.25) is 0 Å². The molecule has 2 aliphatic rings. The quantitative estimate of drug-likeness (QED) is 0.868. The molecule has 3 rings (SSSR count). The van der Waals surface area contributed by atoms with Gasteiger partial charge in [-0.25, -0.2) is 0 Å². The monoisotopic (exact) mass is 350 g/mol. The van der Waals surface area contributed by atoms with Crippen LogP contribution in [0, 0.1) is 5.92 Å². The summed E-state index contributed by atoms with van der Waals surface area (Å²) >= 11 is 6.29. The molecule has 1 aromatic carbocycles. The van der Waals surface area contributed by atoms with E-state index in [1.165, 1.54) is 24.2 Å². The maximum Gasteiger partial charge on any atom is 0.275 e. The number of carbonyl (C=O) groups is 1. The zero-order valence-electron chi connectivity index (χ0n) is 14.6. The average Bonchev–Trinajstić information content (AvgIpc) is 2.58. The van der Waals surface area contributed by atoms with Crippen LogP contribution in [0.25, 0.3) is 0 Å². The minimum Gasteiger partial charge on any atom is -0.359 e. The number of piperazine rings is 1. The maximum atomic E-state index is 12.4. The van der Waals surface area contributed by atoms with Crippen molar-refractivity contribution >= 4 is 23.2 Å². The summed E-state index contributed by atoms with van der Waals surface area (Å²) < 4.78 is 0. The Hall–Kier alpha value is -1.26. The van der Waals surface area contributed by atoms with Gasteiger partial charge in [-0.15, -0.1) is 0 Å². The fourth-order valence-electron chi connectivity index (χ4n) is 3.96. The van der Waals surface area contributed by atoms with Crippen molar-refractivity contribution in [2.45, 2.75) is 38.6 Å². The highest BCUT2D eigenvalue weighted by Gasteiger charge is 2.26. The van der Waals surface area contributed by atoms with Crippen LogP contribution in [0.15, 0.2) is 24.3 Å². The first-order valence-corrected chi connectivity index (χ1v) is 9.63. The van der Waals surface area contributed by atoms with Gasteiger partial charge in [-0.1, -0.05) is 43.5 Å². The molecule has 0 aromatic heterocycles. The summed E-state index contributed by atoms with van der Waals surface area (Å²) in [5, 5.41) is 4.08. The van der Waals surface area contributed by atoms with E-state index >= 15 is 0 Å². The third kappa shape index (κ3) is 4.42. The van der Waals surface area contributed by atoms with Gasteiger partial charge >= 0.3 is 0 Å². The smallest absolute Gasteiger partial charge is 0.275 e. The fraction of sp³-hybridized carbons (Fsp3) is 0.632. The Kier molecular flexibility index (Phi) is 6.01. The standard InChI is InChI=1S/C19H28ClN3O/c1-15-6-2-4-8-17(15)21-19(24)14-22-10-12-23(13-11-22)18-9-5-3-7-16(18)20/h3,5,7,9,15,17H,2,4,6,8,10-14H2,1H3,(H,21,24)/p+1/t15-,17+/m0/s1. The number of nitrogens with one attached hydrogen (secondary N) is 2. The van der Waals surface area contributed by atoms with Gasteiger partial charge in [-0.3, -0.25) is 4.79 Å². The second-order valence-corrected chi connectivity index (χ2v) is 7.71. The number of hydrogen-bond donors (Lipinski definition) is 2. The van der Waals surface area contributed by atoms with E-state index in [4.69, 9.17) is 11.6 Å². The molecule has 1 aromatic rings. The molecule has 2 atom stereocenters. The highest BCUT2D eigenvalue weighted by Crippen LogP contribution is 2.25. The van der Waals surface area contributed by atoms with Gasteiger partial charge < -0.3 is 15.1 Å². The molecule has 0 unspecified atom stereocenters. The highest BCUT2D eigenvalue weighted by molar-refractivity contribution is 6.33. The first kappa shape index (κ1) is 17.6.